The molecule has 4 rings (SSSR count). The lowest BCUT2D eigenvalue weighted by atomic mass is 9.83. The van der Waals surface area contributed by atoms with Gasteiger partial charge in [0.2, 0.25) is 16.5 Å². The van der Waals surface area contributed by atoms with Crippen molar-refractivity contribution in [2.45, 2.75) is 81.9 Å². The summed E-state index contributed by atoms with van der Waals surface area (Å²) < 4.78 is 87.7. The van der Waals surface area contributed by atoms with Gasteiger partial charge in [0.05, 0.1) is 6.04 Å². The zero-order valence-corrected chi connectivity index (χ0v) is 25.0. The van der Waals surface area contributed by atoms with Crippen LogP contribution in [0.1, 0.15) is 26.3 Å². The Kier molecular flexibility index (Phi) is 9.12. The molecular weight excluding hydrogens is 584 g/mol. The maximum atomic E-state index is 13.4. The second kappa shape index (κ2) is 15.5. The van der Waals surface area contributed by atoms with Crippen LogP contribution in [0.4, 0.5) is 0 Å². The van der Waals surface area contributed by atoms with Crippen LogP contribution < -0.4 is 10.1 Å². The number of benzene rings is 1. The minimum Gasteiger partial charge on any atom is -0.462 e. The molecule has 42 heavy (non-hydrogen) atoms. The first kappa shape index (κ1) is 24.8. The number of rotatable bonds is 17. The van der Waals surface area contributed by atoms with Crippen LogP contribution in [0.15, 0.2) is 41.5 Å². The van der Waals surface area contributed by atoms with Gasteiger partial charge < -0.3 is 48.0 Å². The largest absolute Gasteiger partial charge is 0.462 e. The summed E-state index contributed by atoms with van der Waals surface area (Å²) in [5.41, 5.74) is 1.91. The van der Waals surface area contributed by atoms with Crippen molar-refractivity contribution in [2.75, 3.05) is 18.1 Å². The molecular formula is C27H39B2NO10S2. The van der Waals surface area contributed by atoms with Gasteiger partial charge in [-0.25, -0.2) is 0 Å². The van der Waals surface area contributed by atoms with Crippen molar-refractivity contribution in [3.63, 3.8) is 0 Å². The Balaban J connectivity index is 1.44. The Bertz CT molecular complexity index is 1280. The molecule has 15 heteroatoms. The van der Waals surface area contributed by atoms with Crippen LogP contribution in [0.25, 0.3) is 6.08 Å². The molecule has 230 valence electrons. The molecule has 1 aliphatic carbocycles. The third kappa shape index (κ3) is 7.57. The molecule has 0 bridgehead atoms. The number of aliphatic hydroxyl groups excluding tert-OH is 3. The van der Waals surface area contributed by atoms with E-state index in [-0.39, 0.29) is 18.1 Å². The van der Waals surface area contributed by atoms with Gasteiger partial charge >= 0.3 is 0 Å². The van der Waals surface area contributed by atoms with Crippen LogP contribution in [0.2, 0.25) is 0 Å². The average molecular weight is 635 g/mol. The van der Waals surface area contributed by atoms with Gasteiger partial charge in [-0.15, -0.1) is 0 Å². The van der Waals surface area contributed by atoms with Crippen molar-refractivity contribution in [2.24, 2.45) is 0 Å². The van der Waals surface area contributed by atoms with Crippen molar-refractivity contribution < 1.29 is 47.4 Å². The molecule has 2 saturated heterocycles. The molecule has 3 fully saturated rings. The second-order valence-electron chi connectivity index (χ2n) is 9.94. The lowest BCUT2D eigenvalue weighted by Gasteiger charge is -2.43. The van der Waals surface area contributed by atoms with Gasteiger partial charge in [-0.1, -0.05) is 18.2 Å². The molecule has 2 heterocycles. The first-order chi connectivity index (χ1) is 23.5. The number of carbonyl (C=O) groups excluding carboxylic acids is 1. The maximum Gasteiger partial charge on any atom is 0.247 e. The predicted octanol–water partition coefficient (Wildman–Crippen LogP) is -0.270. The van der Waals surface area contributed by atoms with Crippen LogP contribution in [-0.2, 0) is 27.4 Å². The first-order valence-corrected chi connectivity index (χ1v) is 15.2. The molecule has 4 N–H and O–H groups in total. The van der Waals surface area contributed by atoms with Crippen LogP contribution in [0.5, 0.6) is 5.75 Å². The summed E-state index contributed by atoms with van der Waals surface area (Å²) >= 11 is 1.80. The van der Waals surface area contributed by atoms with Gasteiger partial charge in [0, 0.05) is 5.57 Å². The van der Waals surface area contributed by atoms with Gasteiger partial charge in [-0.2, -0.15) is 0 Å². The first-order valence-electron chi connectivity index (χ1n) is 16.9. The second-order valence-corrected chi connectivity index (χ2v) is 11.5. The fraction of sp³-hybridized carbons (Fsp3) is 0.593. The van der Waals surface area contributed by atoms with Gasteiger partial charge in [0.25, 0.3) is 0 Å². The highest BCUT2D eigenvalue weighted by molar-refractivity contribution is 7.95. The van der Waals surface area contributed by atoms with Gasteiger partial charge in [-0.3, -0.25) is 4.79 Å². The SMILES string of the molecule is [2H]B([3H])CSO[C@@H]1C(/C(C)=C/C)O[C@@H](Oc2ccc(/C=C(\C)C(=O)NC3[C@@H](OSCB([2H])[3H])[C@@H]4OCO[C@@H]4[C@H](O[3H])[C@H]3O[3H])cc2)[C@H]1O[3H]. The van der Waals surface area contributed by atoms with E-state index in [2.05, 4.69) is 5.32 Å². The van der Waals surface area contributed by atoms with Crippen LogP contribution in [-0.4, -0.2) is 126 Å². The normalized spacial score (nSPS) is 37.3. The molecule has 11 nitrogen and oxygen atoms in total. The fourth-order valence-corrected chi connectivity index (χ4v) is 5.87. The summed E-state index contributed by atoms with van der Waals surface area (Å²) in [4.78, 5) is 13.4. The Morgan fingerprint density at radius 3 is 2.48 bits per heavy atom. The number of ether oxygens (including phenoxy) is 4. The minimum absolute atomic E-state index is 0.0196. The minimum atomic E-state index is -1.16. The summed E-state index contributed by atoms with van der Waals surface area (Å²) in [6.45, 7) is 5.19. The highest BCUT2D eigenvalue weighted by Crippen LogP contribution is 2.34. The monoisotopic (exact) mass is 635 g/mol. The molecule has 2 aliphatic heterocycles. The number of amides is 1. The van der Waals surface area contributed by atoms with E-state index < -0.39 is 82.6 Å². The Labute approximate surface area is 266 Å². The topological polar surface area (TPSA) is 145 Å². The molecule has 0 spiro atoms. The summed E-state index contributed by atoms with van der Waals surface area (Å²) in [5, 5.41) is 17.5. The summed E-state index contributed by atoms with van der Waals surface area (Å²) in [5.74, 6) is -0.112. The number of allylic oxidation sites excluding steroid dienone is 1. The smallest absolute Gasteiger partial charge is 0.247 e. The van der Waals surface area contributed by atoms with E-state index in [0.29, 0.717) is 16.9 Å². The van der Waals surface area contributed by atoms with Crippen molar-refractivity contribution in [3.05, 3.63) is 47.1 Å². The molecule has 2 unspecified atom stereocenters. The highest BCUT2D eigenvalue weighted by atomic mass is 32.2. The van der Waals surface area contributed by atoms with E-state index in [4.69, 9.17) is 52.3 Å². The van der Waals surface area contributed by atoms with E-state index in [1.54, 1.807) is 37.3 Å². The molecule has 1 aromatic rings. The standard InChI is InChI=1S/C27H39B2NO10S2/c1-4-13(2)21-24(40-42-11-29)20(33)27(38-21)37-16-7-5-15(6-8-16)9-14(3)26(34)30-17-18(31)19(32)23-25(36-12-35-23)22(17)39-41-10-28/h4-9,17-25,27,31-33H,10-12,28-29H2,1-3H3,(H,30,34)/b13-4+,14-9+/t17?,18-,19+,20-,21?,22+,23+,24-,25-,27+/m0/s1/i28TD,29TD,31T,32T,33T. The molecule has 0 radical (unpaired) electrons. The summed E-state index contributed by atoms with van der Waals surface area (Å²) in [6, 6.07) is 5.75. The summed E-state index contributed by atoms with van der Waals surface area (Å²) in [6.07, 6.45) is -4.43. The van der Waals surface area contributed by atoms with E-state index >= 15 is 0 Å². The predicted molar refractivity (Wildman–Crippen MR) is 165 cm³/mol. The van der Waals surface area contributed by atoms with Crippen LogP contribution >= 0.6 is 24.1 Å². The average Bonchev–Trinajstić information content (AvgIpc) is 3.70. The lowest BCUT2D eigenvalue weighted by molar-refractivity contribution is -0.147. The van der Waals surface area contributed by atoms with Crippen molar-refractivity contribution in [1.29, 1.82) is 9.64 Å². The number of nitrogens with one attached hydrogen (secondary N) is 1. The Morgan fingerprint density at radius 2 is 1.81 bits per heavy atom. The molecule has 1 amide bonds. The molecule has 1 aromatic carbocycles. The zero-order valence-electron chi connectivity index (χ0n) is 30.4. The van der Waals surface area contributed by atoms with E-state index in [0.717, 1.165) is 29.7 Å². The third-order valence-electron chi connectivity index (χ3n) is 7.27. The van der Waals surface area contributed by atoms with E-state index in [1.165, 1.54) is 0 Å². The Morgan fingerprint density at radius 1 is 1.12 bits per heavy atom. The molecule has 1 saturated carbocycles. The number of hydrogen-bond acceptors (Lipinski definition) is 12. The number of hydrogen-bond donors (Lipinski definition) is 4. The number of fused-ring (bicyclic) bond motifs is 1. The summed E-state index contributed by atoms with van der Waals surface area (Å²) in [7, 11) is -2.23. The number of carbonyl (C=O) groups is 1. The third-order valence-corrected chi connectivity index (χ3v) is 8.25. The van der Waals surface area contributed by atoms with Gasteiger partial charge in [0.15, 0.2) is 0 Å². The highest BCUT2D eigenvalue weighted by Gasteiger charge is 2.55. The fourth-order valence-electron chi connectivity index (χ4n) is 4.96. The molecule has 0 aromatic heterocycles. The quantitative estimate of drug-likeness (QED) is 0.0775. The Hall–Kier alpha value is -1.52. The molecule has 10 atom stereocenters. The molecule has 3 aliphatic rings. The number of aliphatic hydroxyl groups is 3. The van der Waals surface area contributed by atoms with E-state index in [9.17, 15) is 4.79 Å². The van der Waals surface area contributed by atoms with Crippen molar-refractivity contribution in [3.8, 4) is 5.75 Å². The van der Waals surface area contributed by atoms with Crippen molar-refractivity contribution in [1.82, 2.24) is 5.32 Å². The van der Waals surface area contributed by atoms with E-state index in [1.807, 2.05) is 19.9 Å². The van der Waals surface area contributed by atoms with Gasteiger partial charge in [0.1, 0.15) is 76.9 Å². The van der Waals surface area contributed by atoms with Crippen molar-refractivity contribution >= 4 is 51.6 Å². The van der Waals surface area contributed by atoms with Crippen LogP contribution in [0.3, 0.4) is 0 Å². The lowest BCUT2D eigenvalue weighted by Crippen LogP contribution is -2.67. The maximum absolute atomic E-state index is 13.4. The van der Waals surface area contributed by atoms with Crippen LogP contribution in [0, 0.1) is 0 Å². The zero-order chi connectivity index (χ0) is 35.7. The van der Waals surface area contributed by atoms with Gasteiger partial charge in [-0.05, 0) is 90.8 Å².